The predicted molar refractivity (Wildman–Crippen MR) is 56.2 cm³/mol. The molecule has 3 nitrogen and oxygen atoms in total. The normalized spacial score (nSPS) is 18.3. The van der Waals surface area contributed by atoms with E-state index in [-0.39, 0.29) is 6.09 Å². The van der Waals surface area contributed by atoms with Crippen molar-refractivity contribution in [2.45, 2.75) is 44.6 Å². The van der Waals surface area contributed by atoms with Gasteiger partial charge in [0.2, 0.25) is 0 Å². The number of nitrogens with one attached hydrogen (secondary N) is 1. The summed E-state index contributed by atoms with van der Waals surface area (Å²) in [6.07, 6.45) is 8.45. The van der Waals surface area contributed by atoms with Gasteiger partial charge in [-0.15, -0.1) is 0 Å². The number of ether oxygens (including phenoxy) is 1. The molecular weight excluding hydrogens is 178 g/mol. The highest BCUT2D eigenvalue weighted by atomic mass is 16.5. The lowest BCUT2D eigenvalue weighted by Crippen LogP contribution is -2.34. The molecule has 1 N–H and O–H groups in total. The topological polar surface area (TPSA) is 38.3 Å². The highest BCUT2D eigenvalue weighted by molar-refractivity contribution is 5.67. The van der Waals surface area contributed by atoms with Crippen LogP contribution in [0.4, 0.5) is 4.79 Å². The Morgan fingerprint density at radius 1 is 1.36 bits per heavy atom. The van der Waals surface area contributed by atoms with Gasteiger partial charge in [0, 0.05) is 6.04 Å². The summed E-state index contributed by atoms with van der Waals surface area (Å²) >= 11 is 0. The summed E-state index contributed by atoms with van der Waals surface area (Å²) in [5.74, 6) is 0. The van der Waals surface area contributed by atoms with Crippen molar-refractivity contribution in [3.8, 4) is 0 Å². The van der Waals surface area contributed by atoms with Crippen molar-refractivity contribution in [3.63, 3.8) is 0 Å². The summed E-state index contributed by atoms with van der Waals surface area (Å²) in [5.41, 5.74) is 0. The van der Waals surface area contributed by atoms with Gasteiger partial charge in [0.1, 0.15) is 6.61 Å². The van der Waals surface area contributed by atoms with Crippen LogP contribution in [-0.2, 0) is 4.74 Å². The van der Waals surface area contributed by atoms with Gasteiger partial charge in [0.05, 0.1) is 0 Å². The molecular formula is C11H19NO2. The van der Waals surface area contributed by atoms with E-state index in [1.54, 1.807) is 6.08 Å². The fourth-order valence-electron chi connectivity index (χ4n) is 1.77. The van der Waals surface area contributed by atoms with E-state index in [0.29, 0.717) is 12.6 Å². The maximum absolute atomic E-state index is 11.2. The lowest BCUT2D eigenvalue weighted by atomic mass is 10.1. The van der Waals surface area contributed by atoms with E-state index in [2.05, 4.69) is 11.9 Å². The van der Waals surface area contributed by atoms with Gasteiger partial charge < -0.3 is 10.1 Å². The van der Waals surface area contributed by atoms with E-state index in [1.165, 1.54) is 25.7 Å². The zero-order chi connectivity index (χ0) is 10.2. The molecule has 0 aromatic rings. The SMILES string of the molecule is C=CCOC(=O)NC1CCCCCC1. The van der Waals surface area contributed by atoms with Gasteiger partial charge in [0.15, 0.2) is 0 Å². The fourth-order valence-corrected chi connectivity index (χ4v) is 1.77. The van der Waals surface area contributed by atoms with Gasteiger partial charge in [-0.05, 0) is 12.8 Å². The zero-order valence-corrected chi connectivity index (χ0v) is 8.63. The molecule has 0 bridgehead atoms. The molecule has 1 aliphatic rings. The third-order valence-electron chi connectivity index (χ3n) is 2.51. The Balaban J connectivity index is 2.20. The van der Waals surface area contributed by atoms with Crippen molar-refractivity contribution in [2.75, 3.05) is 6.61 Å². The molecule has 80 valence electrons. The van der Waals surface area contributed by atoms with Crippen molar-refractivity contribution in [2.24, 2.45) is 0 Å². The first-order valence-electron chi connectivity index (χ1n) is 5.37. The minimum atomic E-state index is -0.309. The Morgan fingerprint density at radius 2 is 2.00 bits per heavy atom. The molecule has 0 unspecified atom stereocenters. The average molecular weight is 197 g/mol. The predicted octanol–water partition coefficient (Wildman–Crippen LogP) is 2.62. The van der Waals surface area contributed by atoms with Crippen LogP contribution in [0.2, 0.25) is 0 Å². The van der Waals surface area contributed by atoms with Crippen LogP contribution < -0.4 is 5.32 Å². The molecule has 3 heteroatoms. The minimum Gasteiger partial charge on any atom is -0.445 e. The van der Waals surface area contributed by atoms with Crippen molar-refractivity contribution in [1.29, 1.82) is 0 Å². The lowest BCUT2D eigenvalue weighted by molar-refractivity contribution is 0.153. The fraction of sp³-hybridized carbons (Fsp3) is 0.727. The second-order valence-electron chi connectivity index (χ2n) is 3.72. The quantitative estimate of drug-likeness (QED) is 0.558. The van der Waals surface area contributed by atoms with Crippen LogP contribution in [0.1, 0.15) is 38.5 Å². The standard InChI is InChI=1S/C11H19NO2/c1-2-9-14-11(13)12-10-7-5-3-4-6-8-10/h2,10H,1,3-9H2,(H,12,13). The second kappa shape index (κ2) is 6.46. The van der Waals surface area contributed by atoms with Crippen LogP contribution in [0.5, 0.6) is 0 Å². The van der Waals surface area contributed by atoms with Crippen molar-refractivity contribution in [1.82, 2.24) is 5.32 Å². The smallest absolute Gasteiger partial charge is 0.407 e. The Morgan fingerprint density at radius 3 is 2.57 bits per heavy atom. The van der Waals surface area contributed by atoms with Gasteiger partial charge >= 0.3 is 6.09 Å². The molecule has 1 aliphatic carbocycles. The number of hydrogen-bond donors (Lipinski definition) is 1. The minimum absolute atomic E-state index is 0.290. The monoisotopic (exact) mass is 197 g/mol. The largest absolute Gasteiger partial charge is 0.445 e. The number of amides is 1. The second-order valence-corrected chi connectivity index (χ2v) is 3.72. The highest BCUT2D eigenvalue weighted by Gasteiger charge is 2.14. The molecule has 0 aromatic carbocycles. The summed E-state index contributed by atoms with van der Waals surface area (Å²) in [7, 11) is 0. The molecule has 0 aliphatic heterocycles. The van der Waals surface area contributed by atoms with E-state index in [9.17, 15) is 4.79 Å². The number of rotatable bonds is 3. The van der Waals surface area contributed by atoms with E-state index in [0.717, 1.165) is 12.8 Å². The molecule has 0 atom stereocenters. The Hall–Kier alpha value is -0.990. The summed E-state index contributed by atoms with van der Waals surface area (Å²) in [4.78, 5) is 11.2. The number of alkyl carbamates (subject to hydrolysis) is 1. The van der Waals surface area contributed by atoms with E-state index in [4.69, 9.17) is 4.74 Å². The summed E-state index contributed by atoms with van der Waals surface area (Å²) in [6, 6.07) is 0.315. The molecule has 1 fully saturated rings. The molecule has 0 heterocycles. The van der Waals surface area contributed by atoms with Crippen LogP contribution in [0.25, 0.3) is 0 Å². The van der Waals surface area contributed by atoms with Gasteiger partial charge in [-0.3, -0.25) is 0 Å². The summed E-state index contributed by atoms with van der Waals surface area (Å²) < 4.78 is 4.87. The number of carbonyl (C=O) groups excluding carboxylic acids is 1. The number of carbonyl (C=O) groups is 1. The third-order valence-corrected chi connectivity index (χ3v) is 2.51. The summed E-state index contributed by atoms with van der Waals surface area (Å²) in [6.45, 7) is 3.78. The van der Waals surface area contributed by atoms with Crippen molar-refractivity contribution < 1.29 is 9.53 Å². The first kappa shape index (κ1) is 11.1. The number of hydrogen-bond acceptors (Lipinski definition) is 2. The van der Waals surface area contributed by atoms with Crippen LogP contribution >= 0.6 is 0 Å². The average Bonchev–Trinajstić information content (AvgIpc) is 2.43. The van der Waals surface area contributed by atoms with Crippen LogP contribution in [0, 0.1) is 0 Å². The van der Waals surface area contributed by atoms with E-state index < -0.39 is 0 Å². The first-order valence-corrected chi connectivity index (χ1v) is 5.37. The third kappa shape index (κ3) is 4.30. The molecule has 1 saturated carbocycles. The molecule has 14 heavy (non-hydrogen) atoms. The lowest BCUT2D eigenvalue weighted by Gasteiger charge is -2.15. The molecule has 0 saturated heterocycles. The van der Waals surface area contributed by atoms with Gasteiger partial charge in [-0.25, -0.2) is 4.79 Å². The van der Waals surface area contributed by atoms with Gasteiger partial charge in [0.25, 0.3) is 0 Å². The van der Waals surface area contributed by atoms with Crippen molar-refractivity contribution in [3.05, 3.63) is 12.7 Å². The Kier molecular flexibility index (Phi) is 5.12. The molecule has 1 rings (SSSR count). The Labute approximate surface area is 85.5 Å². The van der Waals surface area contributed by atoms with Gasteiger partial charge in [-0.1, -0.05) is 38.3 Å². The highest BCUT2D eigenvalue weighted by Crippen LogP contribution is 2.17. The molecule has 0 radical (unpaired) electrons. The Bertz CT molecular complexity index is 184. The van der Waals surface area contributed by atoms with E-state index in [1.807, 2.05) is 0 Å². The first-order chi connectivity index (χ1) is 6.83. The van der Waals surface area contributed by atoms with Crippen molar-refractivity contribution >= 4 is 6.09 Å². The van der Waals surface area contributed by atoms with Crippen LogP contribution in [0.15, 0.2) is 12.7 Å². The van der Waals surface area contributed by atoms with Crippen LogP contribution in [-0.4, -0.2) is 18.7 Å². The van der Waals surface area contributed by atoms with Crippen LogP contribution in [0.3, 0.4) is 0 Å². The summed E-state index contributed by atoms with van der Waals surface area (Å²) in [5, 5.41) is 2.88. The molecule has 0 aromatic heterocycles. The molecule has 0 spiro atoms. The maximum Gasteiger partial charge on any atom is 0.407 e. The molecule has 1 amide bonds. The van der Waals surface area contributed by atoms with E-state index >= 15 is 0 Å². The maximum atomic E-state index is 11.2. The zero-order valence-electron chi connectivity index (χ0n) is 8.63. The van der Waals surface area contributed by atoms with Gasteiger partial charge in [-0.2, -0.15) is 0 Å².